The van der Waals surface area contributed by atoms with Gasteiger partial charge in [0.1, 0.15) is 0 Å². The molecule has 106 valence electrons. The van der Waals surface area contributed by atoms with Crippen LogP contribution in [0.2, 0.25) is 5.02 Å². The summed E-state index contributed by atoms with van der Waals surface area (Å²) in [6.07, 6.45) is 1.19. The summed E-state index contributed by atoms with van der Waals surface area (Å²) in [5.74, 6) is 0. The van der Waals surface area contributed by atoms with Gasteiger partial charge in [-0.3, -0.25) is 0 Å². The van der Waals surface area contributed by atoms with Gasteiger partial charge in [0, 0.05) is 21.1 Å². The molecule has 20 heavy (non-hydrogen) atoms. The Morgan fingerprint density at radius 2 is 1.80 bits per heavy atom. The minimum Gasteiger partial charge on any atom is -0.332 e. The Morgan fingerprint density at radius 1 is 1.20 bits per heavy atom. The highest BCUT2D eigenvalue weighted by atomic mass is 127. The quantitative estimate of drug-likeness (QED) is 0.554. The Labute approximate surface area is 142 Å². The number of hydrogen-bond acceptors (Lipinski definition) is 4. The highest BCUT2D eigenvalue weighted by Gasteiger charge is 2.12. The van der Waals surface area contributed by atoms with E-state index in [2.05, 4.69) is 40.1 Å². The Bertz CT molecular complexity index is 722. The fraction of sp³-hybridized carbons (Fsp3) is 0.0769. The maximum absolute atomic E-state index is 11.5. The van der Waals surface area contributed by atoms with E-state index in [1.165, 1.54) is 6.26 Å². The molecule has 0 aromatic heterocycles. The Balaban J connectivity index is 2.52. The third-order valence-corrected chi connectivity index (χ3v) is 5.28. The topological polar surface area (TPSA) is 46.2 Å². The average Bonchev–Trinajstić information content (AvgIpc) is 2.37. The monoisotopic (exact) mass is 439 g/mol. The summed E-state index contributed by atoms with van der Waals surface area (Å²) in [6, 6.07) is 10.4. The molecule has 0 aliphatic rings. The molecule has 0 aliphatic carbocycles. The van der Waals surface area contributed by atoms with Crippen LogP contribution in [0.1, 0.15) is 0 Å². The third kappa shape index (κ3) is 3.41. The molecule has 2 aromatic rings. The largest absolute Gasteiger partial charge is 0.332 e. The van der Waals surface area contributed by atoms with Gasteiger partial charge in [-0.25, -0.2) is 8.42 Å². The number of sulfone groups is 1. The van der Waals surface area contributed by atoms with Crippen molar-refractivity contribution in [1.82, 2.24) is 0 Å². The first kappa shape index (κ1) is 15.9. The number of anilines is 1. The number of benzene rings is 2. The van der Waals surface area contributed by atoms with Crippen LogP contribution in [0.25, 0.3) is 11.1 Å². The lowest BCUT2D eigenvalue weighted by Gasteiger charge is -2.10. The molecule has 1 N–H and O–H groups in total. The number of hydrogen-bond donors (Lipinski definition) is 2. The van der Waals surface area contributed by atoms with Gasteiger partial charge >= 0.3 is 0 Å². The fourth-order valence-corrected chi connectivity index (χ4v) is 3.97. The summed E-state index contributed by atoms with van der Waals surface area (Å²) in [6.45, 7) is 0. The molecule has 0 amide bonds. The van der Waals surface area contributed by atoms with Gasteiger partial charge in [-0.15, -0.1) is 0 Å². The van der Waals surface area contributed by atoms with Crippen molar-refractivity contribution in [1.29, 1.82) is 0 Å². The molecule has 0 unspecified atom stereocenters. The van der Waals surface area contributed by atoms with E-state index >= 15 is 0 Å². The second-order valence-corrected chi connectivity index (χ2v) is 8.03. The SMILES string of the molecule is CS(=O)(=O)c1ccc(-c2c(Cl)cc(NS)cc2I)cc1. The fourth-order valence-electron chi connectivity index (χ4n) is 1.78. The van der Waals surface area contributed by atoms with Crippen LogP contribution in [0, 0.1) is 3.57 Å². The first-order chi connectivity index (χ1) is 9.32. The van der Waals surface area contributed by atoms with Crippen LogP contribution in [-0.2, 0) is 9.84 Å². The summed E-state index contributed by atoms with van der Waals surface area (Å²) in [4.78, 5) is 0.293. The second-order valence-electron chi connectivity index (χ2n) is 4.22. The van der Waals surface area contributed by atoms with Gasteiger partial charge in [0.25, 0.3) is 0 Å². The van der Waals surface area contributed by atoms with Crippen molar-refractivity contribution >= 4 is 62.5 Å². The maximum Gasteiger partial charge on any atom is 0.175 e. The van der Waals surface area contributed by atoms with Crippen LogP contribution in [0.3, 0.4) is 0 Å². The Morgan fingerprint density at radius 3 is 2.25 bits per heavy atom. The van der Waals surface area contributed by atoms with Gasteiger partial charge in [0.15, 0.2) is 9.84 Å². The molecule has 0 radical (unpaired) electrons. The molecule has 0 bridgehead atoms. The first-order valence-electron chi connectivity index (χ1n) is 5.52. The van der Waals surface area contributed by atoms with Gasteiger partial charge < -0.3 is 4.72 Å². The maximum atomic E-state index is 11.5. The highest BCUT2D eigenvalue weighted by Crippen LogP contribution is 2.35. The minimum atomic E-state index is -3.19. The molecule has 2 aromatic carbocycles. The van der Waals surface area contributed by atoms with E-state index in [9.17, 15) is 8.42 Å². The minimum absolute atomic E-state index is 0.293. The van der Waals surface area contributed by atoms with Gasteiger partial charge in [-0.2, -0.15) is 0 Å². The lowest BCUT2D eigenvalue weighted by atomic mass is 10.1. The van der Waals surface area contributed by atoms with E-state index in [0.717, 1.165) is 20.4 Å². The number of halogens is 2. The second kappa shape index (κ2) is 6.13. The molecule has 2 rings (SSSR count). The zero-order valence-electron chi connectivity index (χ0n) is 10.4. The summed E-state index contributed by atoms with van der Waals surface area (Å²) in [5, 5.41) is 0.584. The molecular formula is C13H11ClINO2S2. The molecule has 0 atom stereocenters. The smallest absolute Gasteiger partial charge is 0.175 e. The molecule has 0 aliphatic heterocycles. The summed E-state index contributed by atoms with van der Waals surface area (Å²) in [5.41, 5.74) is 2.55. The molecule has 3 nitrogen and oxygen atoms in total. The average molecular weight is 440 g/mol. The lowest BCUT2D eigenvalue weighted by Crippen LogP contribution is -1.96. The van der Waals surface area contributed by atoms with Gasteiger partial charge in [-0.1, -0.05) is 36.5 Å². The third-order valence-electron chi connectivity index (χ3n) is 2.74. The normalized spacial score (nSPS) is 11.4. The van der Waals surface area contributed by atoms with Crippen molar-refractivity contribution in [2.75, 3.05) is 11.0 Å². The van der Waals surface area contributed by atoms with E-state index in [-0.39, 0.29) is 0 Å². The van der Waals surface area contributed by atoms with Crippen molar-refractivity contribution in [3.05, 3.63) is 45.0 Å². The van der Waals surface area contributed by atoms with Crippen LogP contribution in [0.5, 0.6) is 0 Å². The number of rotatable bonds is 3. The van der Waals surface area contributed by atoms with E-state index in [1.54, 1.807) is 30.3 Å². The zero-order valence-corrected chi connectivity index (χ0v) is 15.0. The van der Waals surface area contributed by atoms with E-state index < -0.39 is 9.84 Å². The summed E-state index contributed by atoms with van der Waals surface area (Å²) in [7, 11) is -3.19. The molecular weight excluding hydrogens is 429 g/mol. The molecule has 0 heterocycles. The van der Waals surface area contributed by atoms with Crippen molar-refractivity contribution < 1.29 is 8.42 Å². The molecule has 0 saturated carbocycles. The molecule has 7 heteroatoms. The number of thiol groups is 1. The Hall–Kier alpha value is -0.440. The predicted octanol–water partition coefficient (Wildman–Crippen LogP) is 4.27. The van der Waals surface area contributed by atoms with Crippen LogP contribution in [-0.4, -0.2) is 14.7 Å². The summed E-state index contributed by atoms with van der Waals surface area (Å²) < 4.78 is 26.6. The number of nitrogens with one attached hydrogen (secondary N) is 1. The van der Waals surface area contributed by atoms with Crippen molar-refractivity contribution in [3.8, 4) is 11.1 Å². The highest BCUT2D eigenvalue weighted by molar-refractivity contribution is 14.1. The van der Waals surface area contributed by atoms with Crippen LogP contribution in [0.15, 0.2) is 41.3 Å². The summed E-state index contributed by atoms with van der Waals surface area (Å²) >= 11 is 12.5. The molecule has 0 fully saturated rings. The first-order valence-corrected chi connectivity index (χ1v) is 9.32. The van der Waals surface area contributed by atoms with E-state index in [1.807, 2.05) is 6.07 Å². The van der Waals surface area contributed by atoms with Crippen molar-refractivity contribution in [3.63, 3.8) is 0 Å². The van der Waals surface area contributed by atoms with Gasteiger partial charge in [0.05, 0.1) is 9.92 Å². The standard InChI is InChI=1S/C13H11ClINO2S2/c1-20(17,18)10-4-2-8(3-5-10)13-11(14)6-9(16-19)7-12(13)15/h2-7,16,19H,1H3. The predicted molar refractivity (Wildman–Crippen MR) is 95.3 cm³/mol. The van der Waals surface area contributed by atoms with Crippen LogP contribution in [0.4, 0.5) is 5.69 Å². The van der Waals surface area contributed by atoms with E-state index in [0.29, 0.717) is 9.92 Å². The van der Waals surface area contributed by atoms with Crippen molar-refractivity contribution in [2.45, 2.75) is 4.90 Å². The van der Waals surface area contributed by atoms with Crippen LogP contribution >= 0.6 is 47.0 Å². The van der Waals surface area contributed by atoms with Crippen molar-refractivity contribution in [2.24, 2.45) is 0 Å². The zero-order chi connectivity index (χ0) is 14.9. The van der Waals surface area contributed by atoms with Gasteiger partial charge in [-0.05, 0) is 52.4 Å². The van der Waals surface area contributed by atoms with E-state index in [4.69, 9.17) is 11.6 Å². The molecule has 0 saturated heterocycles. The van der Waals surface area contributed by atoms with Gasteiger partial charge in [0.2, 0.25) is 0 Å². The van der Waals surface area contributed by atoms with Crippen LogP contribution < -0.4 is 4.72 Å². The molecule has 0 spiro atoms. The lowest BCUT2D eigenvalue weighted by molar-refractivity contribution is 0.602. The Kier molecular flexibility index (Phi) is 4.88.